The van der Waals surface area contributed by atoms with Gasteiger partial charge in [-0.3, -0.25) is 0 Å². The molecule has 1 aliphatic rings. The molecule has 1 N–H and O–H groups in total. The third-order valence-corrected chi connectivity index (χ3v) is 4.32. The van der Waals surface area contributed by atoms with Gasteiger partial charge in [-0.15, -0.1) is 0 Å². The second kappa shape index (κ2) is 7.61. The van der Waals surface area contributed by atoms with Crippen molar-refractivity contribution in [2.24, 2.45) is 5.92 Å². The number of anilines is 1. The molecule has 118 valence electrons. The number of morpholine rings is 1. The molecule has 2 atom stereocenters. The van der Waals surface area contributed by atoms with E-state index < -0.39 is 0 Å². The summed E-state index contributed by atoms with van der Waals surface area (Å²) in [6, 6.07) is 7.01. The van der Waals surface area contributed by atoms with E-state index in [1.54, 1.807) is 0 Å². The van der Waals surface area contributed by atoms with Crippen LogP contribution >= 0.6 is 15.9 Å². The van der Waals surface area contributed by atoms with Gasteiger partial charge in [0.25, 0.3) is 0 Å². The summed E-state index contributed by atoms with van der Waals surface area (Å²) in [6.45, 7) is 12.6. The molecule has 1 heterocycles. The molecule has 21 heavy (non-hydrogen) atoms. The molecule has 3 nitrogen and oxygen atoms in total. The molecule has 1 aromatic carbocycles. The lowest BCUT2D eigenvalue weighted by molar-refractivity contribution is 0.0343. The van der Waals surface area contributed by atoms with Gasteiger partial charge in [-0.1, -0.05) is 29.8 Å². The fraction of sp³-hybridized carbons (Fsp3) is 0.647. The van der Waals surface area contributed by atoms with E-state index in [4.69, 9.17) is 4.74 Å². The molecule has 1 saturated heterocycles. The van der Waals surface area contributed by atoms with E-state index in [9.17, 15) is 0 Å². The van der Waals surface area contributed by atoms with Crippen LogP contribution in [0.1, 0.15) is 33.3 Å². The Balaban J connectivity index is 2.17. The first-order valence-electron chi connectivity index (χ1n) is 7.84. The Kier molecular flexibility index (Phi) is 6.08. The van der Waals surface area contributed by atoms with Crippen LogP contribution in [0.3, 0.4) is 0 Å². The van der Waals surface area contributed by atoms with Crippen LogP contribution < -0.4 is 10.2 Å². The van der Waals surface area contributed by atoms with Crippen LogP contribution in [0.15, 0.2) is 22.7 Å². The van der Waals surface area contributed by atoms with Gasteiger partial charge in [0.15, 0.2) is 0 Å². The second-order valence-corrected chi connectivity index (χ2v) is 7.36. The number of ether oxygens (including phenoxy) is 1. The summed E-state index contributed by atoms with van der Waals surface area (Å²) < 4.78 is 6.89. The summed E-state index contributed by atoms with van der Waals surface area (Å²) in [6.07, 6.45) is 0.293. The predicted molar refractivity (Wildman–Crippen MR) is 92.9 cm³/mol. The molecule has 1 aliphatic heterocycles. The molecule has 2 unspecified atom stereocenters. The minimum Gasteiger partial charge on any atom is -0.375 e. The van der Waals surface area contributed by atoms with Crippen molar-refractivity contribution in [1.82, 2.24) is 5.32 Å². The molecular weight excluding hydrogens is 328 g/mol. The number of rotatable bonds is 5. The zero-order chi connectivity index (χ0) is 15.4. The van der Waals surface area contributed by atoms with Crippen molar-refractivity contribution >= 4 is 21.6 Å². The molecule has 0 radical (unpaired) electrons. The number of hydrogen-bond donors (Lipinski definition) is 1. The Labute approximate surface area is 137 Å². The molecule has 0 spiro atoms. The van der Waals surface area contributed by atoms with Crippen LogP contribution in [-0.2, 0) is 11.3 Å². The Morgan fingerprint density at radius 2 is 2.14 bits per heavy atom. The van der Waals surface area contributed by atoms with Crippen LogP contribution in [0.2, 0.25) is 0 Å². The minimum absolute atomic E-state index is 0.293. The van der Waals surface area contributed by atoms with Crippen molar-refractivity contribution in [3.63, 3.8) is 0 Å². The first kappa shape index (κ1) is 16.8. The largest absolute Gasteiger partial charge is 0.375 e. The van der Waals surface area contributed by atoms with Gasteiger partial charge in [-0.05, 0) is 50.1 Å². The molecule has 0 bridgehead atoms. The fourth-order valence-corrected chi connectivity index (χ4v) is 3.12. The van der Waals surface area contributed by atoms with E-state index in [0.29, 0.717) is 18.1 Å². The molecule has 0 amide bonds. The van der Waals surface area contributed by atoms with Gasteiger partial charge in [0.1, 0.15) is 0 Å². The first-order chi connectivity index (χ1) is 9.97. The molecule has 0 aromatic heterocycles. The highest BCUT2D eigenvalue weighted by Gasteiger charge is 2.25. The number of benzene rings is 1. The molecule has 0 saturated carbocycles. The maximum atomic E-state index is 5.75. The van der Waals surface area contributed by atoms with Crippen molar-refractivity contribution in [2.75, 3.05) is 24.6 Å². The SMILES string of the molecule is CC(C)CNCc1cc(Br)ccc1N1CC(C)OCC1C. The number of hydrogen-bond acceptors (Lipinski definition) is 3. The minimum atomic E-state index is 0.293. The third kappa shape index (κ3) is 4.70. The van der Waals surface area contributed by atoms with Crippen molar-refractivity contribution in [1.29, 1.82) is 0 Å². The third-order valence-electron chi connectivity index (χ3n) is 3.83. The lowest BCUT2D eigenvalue weighted by atomic mass is 10.1. The van der Waals surface area contributed by atoms with Crippen LogP contribution in [0.5, 0.6) is 0 Å². The summed E-state index contributed by atoms with van der Waals surface area (Å²) in [5.74, 6) is 0.669. The highest BCUT2D eigenvalue weighted by atomic mass is 79.9. The highest BCUT2D eigenvalue weighted by Crippen LogP contribution is 2.28. The number of nitrogens with one attached hydrogen (secondary N) is 1. The van der Waals surface area contributed by atoms with E-state index in [1.165, 1.54) is 11.3 Å². The molecule has 4 heteroatoms. The van der Waals surface area contributed by atoms with Gasteiger partial charge >= 0.3 is 0 Å². The Morgan fingerprint density at radius 1 is 1.38 bits per heavy atom. The Morgan fingerprint density at radius 3 is 2.86 bits per heavy atom. The lowest BCUT2D eigenvalue weighted by Crippen LogP contribution is -2.47. The summed E-state index contributed by atoms with van der Waals surface area (Å²) >= 11 is 3.60. The van der Waals surface area contributed by atoms with E-state index in [2.05, 4.69) is 72.0 Å². The Hall–Kier alpha value is -0.580. The lowest BCUT2D eigenvalue weighted by Gasteiger charge is -2.39. The number of nitrogens with zero attached hydrogens (tertiary/aromatic N) is 1. The molecule has 1 fully saturated rings. The van der Waals surface area contributed by atoms with Gasteiger partial charge in [0, 0.05) is 29.3 Å². The molecule has 2 rings (SSSR count). The zero-order valence-electron chi connectivity index (χ0n) is 13.5. The van der Waals surface area contributed by atoms with Crippen molar-refractivity contribution in [3.05, 3.63) is 28.2 Å². The van der Waals surface area contributed by atoms with Gasteiger partial charge in [-0.2, -0.15) is 0 Å². The standard InChI is InChI=1S/C17H27BrN2O/c1-12(2)8-19-9-15-7-16(18)5-6-17(15)20-10-14(4)21-11-13(20)3/h5-7,12-14,19H,8-11H2,1-4H3. The van der Waals surface area contributed by atoms with Crippen LogP contribution in [-0.4, -0.2) is 31.8 Å². The van der Waals surface area contributed by atoms with Crippen molar-refractivity contribution in [2.45, 2.75) is 46.4 Å². The van der Waals surface area contributed by atoms with E-state index in [-0.39, 0.29) is 0 Å². The van der Waals surface area contributed by atoms with Gasteiger partial charge in [0.2, 0.25) is 0 Å². The summed E-state index contributed by atoms with van der Waals surface area (Å²) in [4.78, 5) is 2.48. The smallest absolute Gasteiger partial charge is 0.0723 e. The summed E-state index contributed by atoms with van der Waals surface area (Å²) in [7, 11) is 0. The molecular formula is C17H27BrN2O. The Bertz CT molecular complexity index is 464. The van der Waals surface area contributed by atoms with Crippen LogP contribution in [0.25, 0.3) is 0 Å². The fourth-order valence-electron chi connectivity index (χ4n) is 2.71. The monoisotopic (exact) mass is 354 g/mol. The molecule has 0 aliphatic carbocycles. The first-order valence-corrected chi connectivity index (χ1v) is 8.64. The topological polar surface area (TPSA) is 24.5 Å². The average molecular weight is 355 g/mol. The van der Waals surface area contributed by atoms with E-state index >= 15 is 0 Å². The summed E-state index contributed by atoms with van der Waals surface area (Å²) in [5.41, 5.74) is 2.68. The zero-order valence-corrected chi connectivity index (χ0v) is 15.1. The van der Waals surface area contributed by atoms with Crippen LogP contribution in [0, 0.1) is 5.92 Å². The van der Waals surface area contributed by atoms with Crippen molar-refractivity contribution < 1.29 is 4.74 Å². The highest BCUT2D eigenvalue weighted by molar-refractivity contribution is 9.10. The average Bonchev–Trinajstić information content (AvgIpc) is 2.42. The quantitative estimate of drug-likeness (QED) is 0.869. The maximum Gasteiger partial charge on any atom is 0.0723 e. The predicted octanol–water partition coefficient (Wildman–Crippen LogP) is 3.81. The molecule has 1 aromatic rings. The maximum absolute atomic E-state index is 5.75. The normalized spacial score (nSPS) is 22.9. The van der Waals surface area contributed by atoms with Gasteiger partial charge in [-0.25, -0.2) is 0 Å². The van der Waals surface area contributed by atoms with E-state index in [0.717, 1.165) is 30.7 Å². The second-order valence-electron chi connectivity index (χ2n) is 6.44. The summed E-state index contributed by atoms with van der Waals surface area (Å²) in [5, 5.41) is 3.56. The van der Waals surface area contributed by atoms with Gasteiger partial charge < -0.3 is 15.0 Å². The number of halogens is 1. The van der Waals surface area contributed by atoms with Gasteiger partial charge in [0.05, 0.1) is 12.7 Å². The van der Waals surface area contributed by atoms with Crippen molar-refractivity contribution in [3.8, 4) is 0 Å². The van der Waals surface area contributed by atoms with E-state index in [1.807, 2.05) is 0 Å². The van der Waals surface area contributed by atoms with Crippen LogP contribution in [0.4, 0.5) is 5.69 Å².